The first-order chi connectivity index (χ1) is 13.4. The fraction of sp³-hybridized carbons (Fsp3) is 0.200. The van der Waals surface area contributed by atoms with E-state index in [0.29, 0.717) is 41.3 Å². The van der Waals surface area contributed by atoms with Gasteiger partial charge in [-0.2, -0.15) is 0 Å². The largest absolute Gasteiger partial charge is 0.504 e. The zero-order valence-electron chi connectivity index (χ0n) is 14.9. The molecule has 3 N–H and O–H groups in total. The maximum Gasteiger partial charge on any atom is 0.340 e. The molecule has 8 nitrogen and oxygen atoms in total. The number of phenols is 2. The highest BCUT2D eigenvalue weighted by Gasteiger charge is 2.19. The number of carbonyl (C=O) groups excluding carboxylic acids is 1. The molecule has 0 atom stereocenters. The predicted octanol–water partition coefficient (Wildman–Crippen LogP) is 2.47. The van der Waals surface area contributed by atoms with Crippen LogP contribution in [-0.4, -0.2) is 29.3 Å². The van der Waals surface area contributed by atoms with E-state index in [-0.39, 0.29) is 23.3 Å². The fourth-order valence-corrected chi connectivity index (χ4v) is 3.12. The Morgan fingerprint density at radius 1 is 1.11 bits per heavy atom. The van der Waals surface area contributed by atoms with E-state index < -0.39 is 17.3 Å². The second kappa shape index (κ2) is 6.80. The molecule has 8 heteroatoms. The van der Waals surface area contributed by atoms with Crippen LogP contribution in [0.5, 0.6) is 23.0 Å². The number of hydrogen-bond donors (Lipinski definition) is 3. The van der Waals surface area contributed by atoms with Crippen molar-refractivity contribution in [1.82, 2.24) is 0 Å². The van der Waals surface area contributed by atoms with Gasteiger partial charge in [-0.25, -0.2) is 4.79 Å². The van der Waals surface area contributed by atoms with Crippen LogP contribution in [0.2, 0.25) is 0 Å². The van der Waals surface area contributed by atoms with Crippen molar-refractivity contribution in [1.29, 1.82) is 0 Å². The van der Waals surface area contributed by atoms with Crippen molar-refractivity contribution in [2.24, 2.45) is 0 Å². The number of phenolic OH excluding ortho intramolecular Hbond substituents is 2. The Bertz CT molecular complexity index is 1150. The second-order valence-corrected chi connectivity index (χ2v) is 6.39. The minimum atomic E-state index is -0.747. The van der Waals surface area contributed by atoms with E-state index in [4.69, 9.17) is 13.9 Å². The standard InChI is InChI=1S/C20H17NO7/c1-10-12-3-4-14(22)18(24)19(12)28-20(25)13(10)9-17(23)21-11-2-5-15-16(8-11)27-7-6-26-15/h2-5,8,22,24H,6-7,9H2,1H3,(H,21,23). The molecule has 0 spiro atoms. The molecule has 0 saturated heterocycles. The van der Waals surface area contributed by atoms with Crippen molar-refractivity contribution >= 4 is 22.6 Å². The molecule has 1 aliphatic heterocycles. The van der Waals surface area contributed by atoms with E-state index in [9.17, 15) is 19.8 Å². The molecule has 2 heterocycles. The van der Waals surface area contributed by atoms with Gasteiger partial charge in [-0.1, -0.05) is 0 Å². The van der Waals surface area contributed by atoms with Gasteiger partial charge in [0.25, 0.3) is 0 Å². The lowest BCUT2D eigenvalue weighted by atomic mass is 10.0. The summed E-state index contributed by atoms with van der Waals surface area (Å²) in [5.74, 6) is -0.155. The number of amides is 1. The summed E-state index contributed by atoms with van der Waals surface area (Å²) in [6, 6.07) is 7.86. The van der Waals surface area contributed by atoms with Crippen LogP contribution >= 0.6 is 0 Å². The van der Waals surface area contributed by atoms with Crippen molar-refractivity contribution in [3.63, 3.8) is 0 Å². The first kappa shape index (κ1) is 17.7. The Labute approximate surface area is 158 Å². The van der Waals surface area contributed by atoms with E-state index in [2.05, 4.69) is 5.32 Å². The van der Waals surface area contributed by atoms with Gasteiger partial charge in [-0.05, 0) is 36.8 Å². The zero-order valence-corrected chi connectivity index (χ0v) is 14.9. The third-order valence-electron chi connectivity index (χ3n) is 4.57. The maximum absolute atomic E-state index is 12.5. The summed E-state index contributed by atoms with van der Waals surface area (Å²) in [4.78, 5) is 24.8. The molecule has 3 aromatic rings. The lowest BCUT2D eigenvalue weighted by Crippen LogP contribution is -2.21. The normalized spacial score (nSPS) is 12.8. The van der Waals surface area contributed by atoms with Crippen LogP contribution in [0.3, 0.4) is 0 Å². The molecule has 4 rings (SSSR count). The lowest BCUT2D eigenvalue weighted by Gasteiger charge is -2.19. The molecule has 1 aromatic heterocycles. The zero-order chi connectivity index (χ0) is 19.8. The van der Waals surface area contributed by atoms with Crippen molar-refractivity contribution in [2.75, 3.05) is 18.5 Å². The van der Waals surface area contributed by atoms with Crippen LogP contribution in [0, 0.1) is 6.92 Å². The van der Waals surface area contributed by atoms with Crippen molar-refractivity contribution in [3.8, 4) is 23.0 Å². The average Bonchev–Trinajstić information content (AvgIpc) is 2.68. The third kappa shape index (κ3) is 3.09. The van der Waals surface area contributed by atoms with Gasteiger partial charge in [0.1, 0.15) is 13.2 Å². The van der Waals surface area contributed by atoms with Crippen molar-refractivity contribution in [2.45, 2.75) is 13.3 Å². The number of hydrogen-bond acceptors (Lipinski definition) is 7. The maximum atomic E-state index is 12.5. The molecule has 0 saturated carbocycles. The number of ether oxygens (including phenoxy) is 2. The Kier molecular flexibility index (Phi) is 4.31. The van der Waals surface area contributed by atoms with Gasteiger partial charge < -0.3 is 29.4 Å². The topological polar surface area (TPSA) is 118 Å². The highest BCUT2D eigenvalue weighted by molar-refractivity contribution is 5.94. The number of fused-ring (bicyclic) bond motifs is 2. The number of nitrogens with one attached hydrogen (secondary N) is 1. The second-order valence-electron chi connectivity index (χ2n) is 6.39. The monoisotopic (exact) mass is 383 g/mol. The molecule has 1 aliphatic rings. The number of carbonyl (C=O) groups is 1. The predicted molar refractivity (Wildman–Crippen MR) is 100 cm³/mol. The van der Waals surface area contributed by atoms with Gasteiger partial charge in [0.05, 0.1) is 12.0 Å². The molecule has 0 unspecified atom stereocenters. The first-order valence-electron chi connectivity index (χ1n) is 8.61. The van der Waals surface area contributed by atoms with Crippen LogP contribution in [0.4, 0.5) is 5.69 Å². The van der Waals surface area contributed by atoms with Gasteiger partial charge in [0.2, 0.25) is 11.7 Å². The molecule has 28 heavy (non-hydrogen) atoms. The summed E-state index contributed by atoms with van der Waals surface area (Å²) in [5.41, 5.74) is 0.327. The minimum Gasteiger partial charge on any atom is -0.504 e. The van der Waals surface area contributed by atoms with E-state index in [0.717, 1.165) is 0 Å². The third-order valence-corrected chi connectivity index (χ3v) is 4.57. The molecule has 0 fully saturated rings. The number of benzene rings is 2. The summed E-state index contributed by atoms with van der Waals surface area (Å²) in [6.07, 6.45) is -0.208. The Morgan fingerprint density at radius 3 is 2.64 bits per heavy atom. The highest BCUT2D eigenvalue weighted by atomic mass is 16.6. The molecule has 0 aliphatic carbocycles. The lowest BCUT2D eigenvalue weighted by molar-refractivity contribution is -0.115. The van der Waals surface area contributed by atoms with Crippen LogP contribution in [0.1, 0.15) is 11.1 Å². The van der Waals surface area contributed by atoms with Gasteiger partial charge >= 0.3 is 5.63 Å². The Morgan fingerprint density at radius 2 is 1.86 bits per heavy atom. The quantitative estimate of drug-likeness (QED) is 0.470. The summed E-state index contributed by atoms with van der Waals surface area (Å²) in [6.45, 7) is 2.57. The Balaban J connectivity index is 1.60. The summed E-state index contributed by atoms with van der Waals surface area (Å²) < 4.78 is 16.1. The van der Waals surface area contributed by atoms with Gasteiger partial charge in [-0.3, -0.25) is 4.79 Å². The molecular formula is C20H17NO7. The smallest absolute Gasteiger partial charge is 0.340 e. The van der Waals surface area contributed by atoms with Gasteiger partial charge in [0, 0.05) is 17.1 Å². The van der Waals surface area contributed by atoms with Crippen molar-refractivity contribution < 1.29 is 28.9 Å². The minimum absolute atomic E-state index is 0.113. The average molecular weight is 383 g/mol. The molecule has 144 valence electrons. The molecule has 1 amide bonds. The SMILES string of the molecule is Cc1c(CC(=O)Nc2ccc3c(c2)OCCO3)c(=O)oc2c(O)c(O)ccc12. The van der Waals surface area contributed by atoms with E-state index in [1.165, 1.54) is 12.1 Å². The molecule has 2 aromatic carbocycles. The molecule has 0 radical (unpaired) electrons. The van der Waals surface area contributed by atoms with Crippen molar-refractivity contribution in [3.05, 3.63) is 51.9 Å². The van der Waals surface area contributed by atoms with Crippen LogP contribution in [0.15, 0.2) is 39.5 Å². The van der Waals surface area contributed by atoms with E-state index in [1.807, 2.05) is 0 Å². The van der Waals surface area contributed by atoms with Gasteiger partial charge in [0.15, 0.2) is 22.8 Å². The summed E-state index contributed by atoms with van der Waals surface area (Å²) in [5, 5.41) is 22.6. The highest BCUT2D eigenvalue weighted by Crippen LogP contribution is 2.35. The number of aryl methyl sites for hydroxylation is 1. The molecular weight excluding hydrogens is 366 g/mol. The number of aromatic hydroxyl groups is 2. The van der Waals surface area contributed by atoms with Crippen LogP contribution < -0.4 is 20.4 Å². The number of rotatable bonds is 3. The fourth-order valence-electron chi connectivity index (χ4n) is 3.12. The van der Waals surface area contributed by atoms with E-state index >= 15 is 0 Å². The first-order valence-corrected chi connectivity index (χ1v) is 8.61. The van der Waals surface area contributed by atoms with Crippen LogP contribution in [0.25, 0.3) is 11.0 Å². The molecule has 0 bridgehead atoms. The Hall–Kier alpha value is -3.68. The summed E-state index contributed by atoms with van der Waals surface area (Å²) >= 11 is 0. The summed E-state index contributed by atoms with van der Waals surface area (Å²) in [7, 11) is 0. The number of anilines is 1. The van der Waals surface area contributed by atoms with Gasteiger partial charge in [-0.15, -0.1) is 0 Å². The van der Waals surface area contributed by atoms with E-state index in [1.54, 1.807) is 25.1 Å². The van der Waals surface area contributed by atoms with Crippen LogP contribution in [-0.2, 0) is 11.2 Å².